The van der Waals surface area contributed by atoms with Crippen molar-refractivity contribution < 1.29 is 0 Å². The highest BCUT2D eigenvalue weighted by atomic mass is 15.2. The van der Waals surface area contributed by atoms with Gasteiger partial charge in [-0.1, -0.05) is 0 Å². The number of hydrogen-bond acceptors (Lipinski definition) is 2. The van der Waals surface area contributed by atoms with Crippen LogP contribution in [0.4, 0.5) is 0 Å². The van der Waals surface area contributed by atoms with Crippen LogP contribution in [-0.2, 0) is 0 Å². The summed E-state index contributed by atoms with van der Waals surface area (Å²) >= 11 is 0. The number of nitrogens with one attached hydrogen (secondary N) is 2. The van der Waals surface area contributed by atoms with Crippen molar-refractivity contribution in [1.82, 2.24) is 10.2 Å². The average molecular weight is 127 g/mol. The fraction of sp³-hybridized carbons (Fsp3) is 0.833. The van der Waals surface area contributed by atoms with Crippen molar-refractivity contribution in [2.45, 2.75) is 13.0 Å². The van der Waals surface area contributed by atoms with Crippen LogP contribution in [0, 0.1) is 5.41 Å². The van der Waals surface area contributed by atoms with E-state index in [0.29, 0.717) is 5.84 Å². The number of likely N-dealkylation sites (N-methyl/N-ethyl adjacent to an activating group) is 1. The van der Waals surface area contributed by atoms with Crippen LogP contribution in [0.3, 0.4) is 0 Å². The summed E-state index contributed by atoms with van der Waals surface area (Å²) in [4.78, 5) is 2.17. The minimum Gasteiger partial charge on any atom is -0.371 e. The summed E-state index contributed by atoms with van der Waals surface area (Å²) in [7, 11) is 2.04. The molecule has 0 amide bonds. The Balaban J connectivity index is 2.51. The van der Waals surface area contributed by atoms with Crippen molar-refractivity contribution in [1.29, 1.82) is 5.41 Å². The Kier molecular flexibility index (Phi) is 1.71. The van der Waals surface area contributed by atoms with Crippen LogP contribution in [0.25, 0.3) is 0 Å². The van der Waals surface area contributed by atoms with Gasteiger partial charge in [-0.25, -0.2) is 0 Å². The molecule has 1 aliphatic rings. The number of amidine groups is 1. The highest BCUT2D eigenvalue weighted by Gasteiger charge is 2.17. The van der Waals surface area contributed by atoms with E-state index in [0.717, 1.165) is 13.1 Å². The third-order valence-corrected chi connectivity index (χ3v) is 1.86. The Hall–Kier alpha value is -0.570. The van der Waals surface area contributed by atoms with Gasteiger partial charge in [0.2, 0.25) is 0 Å². The van der Waals surface area contributed by atoms with E-state index < -0.39 is 0 Å². The molecule has 0 aliphatic carbocycles. The molecule has 2 N–H and O–H groups in total. The number of hydrogen-bond donors (Lipinski definition) is 2. The van der Waals surface area contributed by atoms with Crippen LogP contribution in [0.2, 0.25) is 0 Å². The lowest BCUT2D eigenvalue weighted by Crippen LogP contribution is -2.51. The van der Waals surface area contributed by atoms with Gasteiger partial charge in [0.25, 0.3) is 0 Å². The molecule has 52 valence electrons. The zero-order chi connectivity index (χ0) is 6.85. The normalized spacial score (nSPS) is 30.0. The van der Waals surface area contributed by atoms with Crippen LogP contribution in [0.15, 0.2) is 0 Å². The minimum absolute atomic E-state index is 0.277. The molecule has 1 unspecified atom stereocenters. The maximum absolute atomic E-state index is 7.37. The van der Waals surface area contributed by atoms with E-state index in [4.69, 9.17) is 5.41 Å². The largest absolute Gasteiger partial charge is 0.371 e. The molecule has 1 saturated heterocycles. The third kappa shape index (κ3) is 1.21. The topological polar surface area (TPSA) is 39.1 Å². The molecule has 0 aromatic rings. The summed E-state index contributed by atoms with van der Waals surface area (Å²) in [6.07, 6.45) is 0. The Bertz CT molecular complexity index is 121. The molecule has 1 fully saturated rings. The third-order valence-electron chi connectivity index (χ3n) is 1.86. The van der Waals surface area contributed by atoms with Gasteiger partial charge in [0, 0.05) is 13.1 Å². The number of nitrogens with zero attached hydrogens (tertiary/aromatic N) is 1. The van der Waals surface area contributed by atoms with E-state index >= 15 is 0 Å². The molecule has 1 atom stereocenters. The van der Waals surface area contributed by atoms with Crippen LogP contribution in [0.1, 0.15) is 6.92 Å². The summed E-state index contributed by atoms with van der Waals surface area (Å²) in [5.41, 5.74) is 0. The molecule has 0 bridgehead atoms. The van der Waals surface area contributed by atoms with Gasteiger partial charge in [0.05, 0.1) is 6.04 Å². The Labute approximate surface area is 55.6 Å². The molecule has 9 heavy (non-hydrogen) atoms. The predicted octanol–water partition coefficient (Wildman–Crippen LogP) is -0.113. The molecular weight excluding hydrogens is 114 g/mol. The van der Waals surface area contributed by atoms with Crippen LogP contribution < -0.4 is 5.32 Å². The Morgan fingerprint density at radius 1 is 1.78 bits per heavy atom. The van der Waals surface area contributed by atoms with Crippen molar-refractivity contribution >= 4 is 5.84 Å². The highest BCUT2D eigenvalue weighted by molar-refractivity contribution is 5.84. The molecule has 0 aromatic carbocycles. The van der Waals surface area contributed by atoms with E-state index in [1.165, 1.54) is 0 Å². The fourth-order valence-electron chi connectivity index (χ4n) is 0.929. The quantitative estimate of drug-likeness (QED) is 0.476. The van der Waals surface area contributed by atoms with Gasteiger partial charge in [0.15, 0.2) is 0 Å². The van der Waals surface area contributed by atoms with Crippen molar-refractivity contribution in [3.63, 3.8) is 0 Å². The van der Waals surface area contributed by atoms with Crippen LogP contribution >= 0.6 is 0 Å². The van der Waals surface area contributed by atoms with Crippen molar-refractivity contribution in [2.75, 3.05) is 20.1 Å². The summed E-state index contributed by atoms with van der Waals surface area (Å²) < 4.78 is 0. The summed E-state index contributed by atoms with van der Waals surface area (Å²) in [6.45, 7) is 4.00. The van der Waals surface area contributed by atoms with E-state index in [1.807, 2.05) is 14.0 Å². The van der Waals surface area contributed by atoms with Crippen molar-refractivity contribution in [3.05, 3.63) is 0 Å². The van der Waals surface area contributed by atoms with Crippen molar-refractivity contribution in [2.24, 2.45) is 0 Å². The van der Waals surface area contributed by atoms with Gasteiger partial charge in [0.1, 0.15) is 5.84 Å². The lowest BCUT2D eigenvalue weighted by Gasteiger charge is -2.30. The van der Waals surface area contributed by atoms with Crippen LogP contribution in [0.5, 0.6) is 0 Å². The van der Waals surface area contributed by atoms with Crippen molar-refractivity contribution in [3.8, 4) is 0 Å². The smallest absolute Gasteiger partial charge is 0.111 e. The van der Waals surface area contributed by atoms with Gasteiger partial charge in [-0.15, -0.1) is 0 Å². The van der Waals surface area contributed by atoms with E-state index in [1.54, 1.807) is 0 Å². The molecule has 0 radical (unpaired) electrons. The zero-order valence-electron chi connectivity index (χ0n) is 5.94. The lowest BCUT2D eigenvalue weighted by atomic mass is 10.2. The predicted molar refractivity (Wildman–Crippen MR) is 37.8 cm³/mol. The highest BCUT2D eigenvalue weighted by Crippen LogP contribution is 1.98. The van der Waals surface area contributed by atoms with E-state index in [-0.39, 0.29) is 6.04 Å². The van der Waals surface area contributed by atoms with E-state index in [2.05, 4.69) is 10.2 Å². The first kappa shape index (κ1) is 6.55. The molecule has 0 saturated carbocycles. The molecular formula is C6H13N3. The first-order chi connectivity index (χ1) is 4.22. The maximum Gasteiger partial charge on any atom is 0.111 e. The summed E-state index contributed by atoms with van der Waals surface area (Å²) in [6, 6.07) is 0.277. The minimum atomic E-state index is 0.277. The average Bonchev–Trinajstić information content (AvgIpc) is 1.83. The van der Waals surface area contributed by atoms with Gasteiger partial charge in [-0.05, 0) is 14.0 Å². The zero-order valence-corrected chi connectivity index (χ0v) is 5.94. The Morgan fingerprint density at radius 3 is 2.89 bits per heavy atom. The molecule has 0 aromatic heterocycles. The second-order valence-corrected chi connectivity index (χ2v) is 2.50. The SMILES string of the molecule is CC1C(=N)NCCN1C. The molecule has 1 heterocycles. The molecule has 0 spiro atoms. The first-order valence-electron chi connectivity index (χ1n) is 3.24. The monoisotopic (exact) mass is 127 g/mol. The van der Waals surface area contributed by atoms with Crippen LogP contribution in [-0.4, -0.2) is 36.9 Å². The maximum atomic E-state index is 7.37. The van der Waals surface area contributed by atoms with Gasteiger partial charge >= 0.3 is 0 Å². The number of rotatable bonds is 0. The second-order valence-electron chi connectivity index (χ2n) is 2.50. The molecule has 3 nitrogen and oxygen atoms in total. The lowest BCUT2D eigenvalue weighted by molar-refractivity contribution is 0.289. The Morgan fingerprint density at radius 2 is 2.44 bits per heavy atom. The summed E-state index contributed by atoms with van der Waals surface area (Å²) in [5, 5.41) is 10.4. The molecule has 1 rings (SSSR count). The van der Waals surface area contributed by atoms with E-state index in [9.17, 15) is 0 Å². The molecule has 1 aliphatic heterocycles. The van der Waals surface area contributed by atoms with Gasteiger partial charge in [-0.2, -0.15) is 0 Å². The standard InChI is InChI=1S/C6H13N3/c1-5-6(7)8-3-4-9(5)2/h5H,3-4H2,1-2H3,(H2,7,8). The second kappa shape index (κ2) is 2.35. The first-order valence-corrected chi connectivity index (χ1v) is 3.24. The molecule has 3 heteroatoms. The van der Waals surface area contributed by atoms with Gasteiger partial charge < -0.3 is 5.32 Å². The number of piperazine rings is 1. The fourth-order valence-corrected chi connectivity index (χ4v) is 0.929. The van der Waals surface area contributed by atoms with Gasteiger partial charge in [-0.3, -0.25) is 10.3 Å². The summed E-state index contributed by atoms with van der Waals surface area (Å²) in [5.74, 6) is 0.642.